The molecule has 0 heterocycles. The number of allylic oxidation sites excluding steroid dienone is 1. The summed E-state index contributed by atoms with van der Waals surface area (Å²) in [4.78, 5) is 11.3. The molecule has 0 unspecified atom stereocenters. The second-order valence-corrected chi connectivity index (χ2v) is 7.15. The summed E-state index contributed by atoms with van der Waals surface area (Å²) in [5.41, 5.74) is 0.707. The largest absolute Gasteiger partial charge is 1.00 e. The Morgan fingerprint density at radius 2 is 1.19 bits per heavy atom. The lowest BCUT2D eigenvalue weighted by Crippen LogP contribution is -3.00. The van der Waals surface area contributed by atoms with Gasteiger partial charge in [-0.3, -0.25) is 4.79 Å². The van der Waals surface area contributed by atoms with Gasteiger partial charge < -0.3 is 21.5 Å². The zero-order valence-corrected chi connectivity index (χ0v) is 16.3. The van der Waals surface area contributed by atoms with E-state index in [2.05, 4.69) is 27.7 Å². The van der Waals surface area contributed by atoms with E-state index in [9.17, 15) is 4.79 Å². The second kappa shape index (κ2) is 13.5. The van der Waals surface area contributed by atoms with Crippen molar-refractivity contribution in [1.29, 1.82) is 0 Å². The fraction of sp³-hybridized carbons (Fsp3) is 0.833. The van der Waals surface area contributed by atoms with Crippen LogP contribution in [0.2, 0.25) is 0 Å². The van der Waals surface area contributed by atoms with Crippen LogP contribution in [0.1, 0.15) is 71.1 Å². The Balaban J connectivity index is 0. The molecule has 0 rings (SSSR count). The van der Waals surface area contributed by atoms with Crippen molar-refractivity contribution in [2.75, 3.05) is 27.7 Å². The fourth-order valence-electron chi connectivity index (χ4n) is 2.32. The third-order valence-electron chi connectivity index (χ3n) is 3.71. The number of nitrogens with zero attached hydrogens (tertiary/aromatic N) is 1. The highest BCUT2D eigenvalue weighted by Gasteiger charge is 2.05. The number of quaternary nitrogens is 1. The molecule has 0 N–H and O–H groups in total. The first-order valence-corrected chi connectivity index (χ1v) is 8.32. The van der Waals surface area contributed by atoms with Crippen molar-refractivity contribution < 1.29 is 26.3 Å². The smallest absolute Gasteiger partial charge is 0.157 e. The van der Waals surface area contributed by atoms with Crippen LogP contribution in [0.5, 0.6) is 0 Å². The molecule has 0 amide bonds. The first-order valence-electron chi connectivity index (χ1n) is 8.32. The van der Waals surface area contributed by atoms with Crippen molar-refractivity contribution in [1.82, 2.24) is 0 Å². The van der Waals surface area contributed by atoms with Crippen molar-refractivity contribution in [3.05, 3.63) is 12.2 Å². The van der Waals surface area contributed by atoms with E-state index >= 15 is 0 Å². The van der Waals surface area contributed by atoms with E-state index in [1.165, 1.54) is 57.9 Å². The molecule has 0 bridgehead atoms. The molecular weight excluding hydrogens is 326 g/mol. The predicted octanol–water partition coefficient (Wildman–Crippen LogP) is 1.74. The minimum absolute atomic E-state index is 0. The molecule has 0 atom stereocenters. The molecule has 0 aliphatic carbocycles. The number of halogens is 1. The highest BCUT2D eigenvalue weighted by molar-refractivity contribution is 5.93. The fourth-order valence-corrected chi connectivity index (χ4v) is 2.32. The van der Waals surface area contributed by atoms with Gasteiger partial charge in [0.05, 0.1) is 27.7 Å². The lowest BCUT2D eigenvalue weighted by Gasteiger charge is -2.23. The summed E-state index contributed by atoms with van der Waals surface area (Å²) in [6.45, 7) is 6.78. The molecule has 0 aromatic carbocycles. The SMILES string of the molecule is C=C(C)C(=O)CCCCCCCCCCC[N+](C)(C)C.[Br-]. The van der Waals surface area contributed by atoms with Gasteiger partial charge in [0, 0.05) is 6.42 Å². The molecule has 21 heavy (non-hydrogen) atoms. The van der Waals surface area contributed by atoms with E-state index < -0.39 is 0 Å². The Kier molecular flexibility index (Phi) is 14.9. The minimum Gasteiger partial charge on any atom is -1.00 e. The van der Waals surface area contributed by atoms with E-state index in [4.69, 9.17) is 0 Å². The number of carbonyl (C=O) groups excluding carboxylic acids is 1. The van der Waals surface area contributed by atoms with E-state index in [0.29, 0.717) is 12.0 Å². The number of rotatable bonds is 13. The highest BCUT2D eigenvalue weighted by atomic mass is 79.9. The molecule has 0 aromatic heterocycles. The van der Waals surface area contributed by atoms with Gasteiger partial charge in [0.15, 0.2) is 5.78 Å². The molecule has 0 saturated heterocycles. The number of hydrogen-bond acceptors (Lipinski definition) is 1. The van der Waals surface area contributed by atoms with Crippen molar-refractivity contribution in [3.63, 3.8) is 0 Å². The Bertz CT molecular complexity index is 281. The number of Topliss-reactive ketones (excluding diaryl/α,β-unsaturated/α-hetero) is 1. The Morgan fingerprint density at radius 3 is 1.57 bits per heavy atom. The molecule has 0 aliphatic rings. The predicted molar refractivity (Wildman–Crippen MR) is 88.9 cm³/mol. The van der Waals surface area contributed by atoms with Crippen LogP contribution in [-0.4, -0.2) is 38.0 Å². The summed E-state index contributed by atoms with van der Waals surface area (Å²) < 4.78 is 1.09. The van der Waals surface area contributed by atoms with Crippen molar-refractivity contribution >= 4 is 5.78 Å². The molecule has 0 aliphatic heterocycles. The van der Waals surface area contributed by atoms with Crippen LogP contribution in [-0.2, 0) is 4.79 Å². The second-order valence-electron chi connectivity index (χ2n) is 7.15. The van der Waals surface area contributed by atoms with Gasteiger partial charge in [-0.2, -0.15) is 0 Å². The molecule has 2 nitrogen and oxygen atoms in total. The lowest BCUT2D eigenvalue weighted by atomic mass is 10.0. The molecule has 0 saturated carbocycles. The average Bonchev–Trinajstić information content (AvgIpc) is 2.34. The van der Waals surface area contributed by atoms with Gasteiger partial charge in [-0.15, -0.1) is 0 Å². The van der Waals surface area contributed by atoms with Crippen LogP contribution < -0.4 is 17.0 Å². The normalized spacial score (nSPS) is 11.0. The maximum absolute atomic E-state index is 11.3. The van der Waals surface area contributed by atoms with E-state index in [-0.39, 0.29) is 22.8 Å². The number of hydrogen-bond donors (Lipinski definition) is 0. The van der Waals surface area contributed by atoms with Crippen LogP contribution in [0, 0.1) is 0 Å². The molecule has 0 radical (unpaired) electrons. The average molecular weight is 362 g/mol. The van der Waals surface area contributed by atoms with Gasteiger partial charge in [0.25, 0.3) is 0 Å². The summed E-state index contributed by atoms with van der Waals surface area (Å²) in [6.07, 6.45) is 12.4. The van der Waals surface area contributed by atoms with Crippen LogP contribution in [0.4, 0.5) is 0 Å². The Hall–Kier alpha value is -0.150. The maximum Gasteiger partial charge on any atom is 0.157 e. The van der Waals surface area contributed by atoms with Gasteiger partial charge in [-0.25, -0.2) is 0 Å². The topological polar surface area (TPSA) is 17.1 Å². The number of ketones is 1. The zero-order valence-electron chi connectivity index (χ0n) is 14.7. The maximum atomic E-state index is 11.3. The highest BCUT2D eigenvalue weighted by Crippen LogP contribution is 2.12. The Labute approximate surface area is 143 Å². The van der Waals surface area contributed by atoms with E-state index in [1.54, 1.807) is 6.92 Å². The van der Waals surface area contributed by atoms with Crippen LogP contribution in [0.25, 0.3) is 0 Å². The zero-order chi connectivity index (χ0) is 15.4. The van der Waals surface area contributed by atoms with Gasteiger partial charge in [0.1, 0.15) is 0 Å². The summed E-state index contributed by atoms with van der Waals surface area (Å²) in [5, 5.41) is 0. The third-order valence-corrected chi connectivity index (χ3v) is 3.71. The number of carbonyl (C=O) groups is 1. The molecule has 126 valence electrons. The van der Waals surface area contributed by atoms with E-state index in [1.807, 2.05) is 0 Å². The Morgan fingerprint density at radius 1 is 0.810 bits per heavy atom. The van der Waals surface area contributed by atoms with Crippen molar-refractivity contribution in [2.24, 2.45) is 0 Å². The summed E-state index contributed by atoms with van der Waals surface area (Å²) >= 11 is 0. The lowest BCUT2D eigenvalue weighted by molar-refractivity contribution is -0.870. The summed E-state index contributed by atoms with van der Waals surface area (Å²) in [7, 11) is 6.79. The van der Waals surface area contributed by atoms with Crippen LogP contribution in [0.15, 0.2) is 12.2 Å². The molecule has 0 spiro atoms. The van der Waals surface area contributed by atoms with Gasteiger partial charge in [-0.1, -0.05) is 45.1 Å². The minimum atomic E-state index is 0. The van der Waals surface area contributed by atoms with Crippen molar-refractivity contribution in [2.45, 2.75) is 71.1 Å². The molecular formula is C18H36BrNO. The molecule has 0 fully saturated rings. The monoisotopic (exact) mass is 361 g/mol. The summed E-state index contributed by atoms with van der Waals surface area (Å²) in [5.74, 6) is 0.238. The molecule has 3 heteroatoms. The van der Waals surface area contributed by atoms with Gasteiger partial charge in [-0.05, 0) is 31.8 Å². The van der Waals surface area contributed by atoms with Crippen LogP contribution >= 0.6 is 0 Å². The first kappa shape index (κ1) is 23.1. The van der Waals surface area contributed by atoms with Crippen LogP contribution in [0.3, 0.4) is 0 Å². The number of unbranched alkanes of at least 4 members (excludes halogenated alkanes) is 8. The summed E-state index contributed by atoms with van der Waals surface area (Å²) in [6, 6.07) is 0. The standard InChI is InChI=1S/C18H36NO.BrH/c1-17(2)18(20)15-13-11-9-7-6-8-10-12-14-16-19(3,4)5;/h1,6-16H2,2-5H3;1H/q+1;/p-1. The quantitative estimate of drug-likeness (QED) is 0.277. The van der Waals surface area contributed by atoms with Crippen molar-refractivity contribution in [3.8, 4) is 0 Å². The third kappa shape index (κ3) is 17.8. The van der Waals surface area contributed by atoms with Gasteiger partial charge in [0.2, 0.25) is 0 Å². The van der Waals surface area contributed by atoms with E-state index in [0.717, 1.165) is 10.9 Å². The molecule has 0 aromatic rings. The first-order chi connectivity index (χ1) is 9.33. The van der Waals surface area contributed by atoms with Gasteiger partial charge >= 0.3 is 0 Å².